The van der Waals surface area contributed by atoms with E-state index >= 15 is 0 Å². The van der Waals surface area contributed by atoms with Crippen LogP contribution in [0.2, 0.25) is 0 Å². The zero-order chi connectivity index (χ0) is 11.5. The van der Waals surface area contributed by atoms with E-state index in [1.165, 1.54) is 37.7 Å². The second kappa shape index (κ2) is 5.17. The smallest absolute Gasteiger partial charge is 0.142 e. The predicted molar refractivity (Wildman–Crippen MR) is 72.0 cm³/mol. The summed E-state index contributed by atoms with van der Waals surface area (Å²) in [6, 6.07) is 2.81. The van der Waals surface area contributed by atoms with Crippen molar-refractivity contribution in [1.29, 1.82) is 0 Å². The maximum Gasteiger partial charge on any atom is 0.142 e. The molecule has 0 bridgehead atoms. The molecule has 0 atom stereocenters. The Bertz CT molecular complexity index is 359. The molecule has 2 rings (SSSR count). The van der Waals surface area contributed by atoms with Gasteiger partial charge < -0.3 is 4.90 Å². The van der Waals surface area contributed by atoms with Gasteiger partial charge in [-0.15, -0.1) is 0 Å². The number of nitrogens with zero attached hydrogens (tertiary/aromatic N) is 2. The van der Waals surface area contributed by atoms with Crippen molar-refractivity contribution in [2.24, 2.45) is 0 Å². The van der Waals surface area contributed by atoms with Gasteiger partial charge in [-0.1, -0.05) is 19.3 Å². The molecule has 88 valence electrons. The Morgan fingerprint density at radius 1 is 1.31 bits per heavy atom. The number of halogens is 1. The van der Waals surface area contributed by atoms with Crippen LogP contribution in [0.25, 0.3) is 0 Å². The molecule has 1 aliphatic rings. The Morgan fingerprint density at radius 3 is 2.62 bits per heavy atom. The number of hydrogen-bond acceptors (Lipinski definition) is 2. The van der Waals surface area contributed by atoms with E-state index in [-0.39, 0.29) is 0 Å². The largest absolute Gasteiger partial charge is 0.356 e. The molecule has 1 saturated carbocycles. The van der Waals surface area contributed by atoms with Crippen LogP contribution in [0.1, 0.15) is 37.7 Å². The molecule has 16 heavy (non-hydrogen) atoms. The molecule has 3 heteroatoms. The third-order valence-electron chi connectivity index (χ3n) is 3.41. The molecule has 2 nitrogen and oxygen atoms in total. The lowest BCUT2D eigenvalue weighted by Crippen LogP contribution is -2.34. The number of anilines is 1. The molecule has 1 aromatic rings. The summed E-state index contributed by atoms with van der Waals surface area (Å²) in [6.45, 7) is 2.07. The Balaban J connectivity index is 2.15. The molecule has 0 aromatic carbocycles. The van der Waals surface area contributed by atoms with Gasteiger partial charge in [0.25, 0.3) is 0 Å². The van der Waals surface area contributed by atoms with Crippen LogP contribution >= 0.6 is 15.9 Å². The number of rotatable bonds is 2. The molecule has 1 heterocycles. The van der Waals surface area contributed by atoms with Crippen molar-refractivity contribution in [2.45, 2.75) is 45.1 Å². The second-order valence-electron chi connectivity index (χ2n) is 4.72. The summed E-state index contributed by atoms with van der Waals surface area (Å²) in [6.07, 6.45) is 8.67. The normalized spacial score (nSPS) is 17.4. The molecule has 0 N–H and O–H groups in total. The number of pyridine rings is 1. The van der Waals surface area contributed by atoms with Crippen molar-refractivity contribution in [3.8, 4) is 0 Å². The molecule has 1 aliphatic carbocycles. The van der Waals surface area contributed by atoms with Crippen LogP contribution < -0.4 is 4.90 Å². The highest BCUT2D eigenvalue weighted by molar-refractivity contribution is 9.10. The molecule has 0 amide bonds. The predicted octanol–water partition coefficient (Wildman–Crippen LogP) is 3.92. The third-order valence-corrected chi connectivity index (χ3v) is 4.00. The van der Waals surface area contributed by atoms with Gasteiger partial charge in [0.05, 0.1) is 4.47 Å². The van der Waals surface area contributed by atoms with Crippen LogP contribution in [-0.4, -0.2) is 18.1 Å². The molecule has 0 spiro atoms. The van der Waals surface area contributed by atoms with Crippen LogP contribution in [-0.2, 0) is 0 Å². The van der Waals surface area contributed by atoms with E-state index in [1.54, 1.807) is 0 Å². The summed E-state index contributed by atoms with van der Waals surface area (Å²) < 4.78 is 1.11. The van der Waals surface area contributed by atoms with Crippen molar-refractivity contribution in [3.63, 3.8) is 0 Å². The van der Waals surface area contributed by atoms with Crippen LogP contribution in [0, 0.1) is 6.92 Å². The number of aromatic nitrogens is 1. The Kier molecular flexibility index (Phi) is 3.85. The molecule has 0 aliphatic heterocycles. The van der Waals surface area contributed by atoms with Crippen LogP contribution in [0.15, 0.2) is 16.7 Å². The molecule has 1 aromatic heterocycles. The van der Waals surface area contributed by atoms with Gasteiger partial charge in [-0.3, -0.25) is 0 Å². The van der Waals surface area contributed by atoms with Gasteiger partial charge in [0, 0.05) is 19.3 Å². The molecule has 1 fully saturated rings. The fourth-order valence-corrected chi connectivity index (χ4v) is 3.17. The lowest BCUT2D eigenvalue weighted by atomic mass is 9.94. The highest BCUT2D eigenvalue weighted by Gasteiger charge is 2.20. The van der Waals surface area contributed by atoms with E-state index in [2.05, 4.69) is 45.9 Å². The monoisotopic (exact) mass is 282 g/mol. The van der Waals surface area contributed by atoms with Crippen molar-refractivity contribution < 1.29 is 0 Å². The van der Waals surface area contributed by atoms with E-state index in [4.69, 9.17) is 0 Å². The molecule has 0 saturated heterocycles. The summed E-state index contributed by atoms with van der Waals surface area (Å²) in [4.78, 5) is 6.87. The van der Waals surface area contributed by atoms with Gasteiger partial charge in [0.2, 0.25) is 0 Å². The zero-order valence-corrected chi connectivity index (χ0v) is 11.6. The standard InChI is InChI=1S/C13H19BrN2/c1-10-8-12(14)13(15-9-10)16(2)11-6-4-3-5-7-11/h8-9,11H,3-7H2,1-2H3. The molecule has 0 unspecified atom stereocenters. The first kappa shape index (κ1) is 11.9. The second-order valence-corrected chi connectivity index (χ2v) is 5.58. The van der Waals surface area contributed by atoms with Crippen molar-refractivity contribution >= 4 is 21.7 Å². The lowest BCUT2D eigenvalue weighted by Gasteiger charge is -2.32. The quantitative estimate of drug-likeness (QED) is 0.817. The number of aryl methyl sites for hydroxylation is 1. The maximum absolute atomic E-state index is 4.53. The fraction of sp³-hybridized carbons (Fsp3) is 0.615. The maximum atomic E-state index is 4.53. The van der Waals surface area contributed by atoms with Crippen LogP contribution in [0.5, 0.6) is 0 Å². The van der Waals surface area contributed by atoms with Crippen molar-refractivity contribution in [3.05, 3.63) is 22.3 Å². The lowest BCUT2D eigenvalue weighted by molar-refractivity contribution is 0.425. The summed E-state index contributed by atoms with van der Waals surface area (Å²) >= 11 is 3.61. The SMILES string of the molecule is Cc1cnc(N(C)C2CCCCC2)c(Br)c1. The van der Waals surface area contributed by atoms with Gasteiger partial charge in [-0.25, -0.2) is 4.98 Å². The van der Waals surface area contributed by atoms with Gasteiger partial charge in [-0.05, 0) is 47.3 Å². The van der Waals surface area contributed by atoms with E-state index in [0.29, 0.717) is 6.04 Å². The van der Waals surface area contributed by atoms with E-state index in [1.807, 2.05) is 6.20 Å². The highest BCUT2D eigenvalue weighted by Crippen LogP contribution is 2.29. The average Bonchev–Trinajstić information content (AvgIpc) is 2.29. The summed E-state index contributed by atoms with van der Waals surface area (Å²) in [5, 5.41) is 0. The minimum atomic E-state index is 0.667. The van der Waals surface area contributed by atoms with Crippen molar-refractivity contribution in [1.82, 2.24) is 4.98 Å². The fourth-order valence-electron chi connectivity index (χ4n) is 2.43. The average molecular weight is 283 g/mol. The summed E-state index contributed by atoms with van der Waals surface area (Å²) in [7, 11) is 2.17. The third kappa shape index (κ3) is 2.57. The number of hydrogen-bond donors (Lipinski definition) is 0. The first-order valence-corrected chi connectivity index (χ1v) is 6.83. The van der Waals surface area contributed by atoms with Gasteiger partial charge in [0.1, 0.15) is 5.82 Å². The first-order valence-electron chi connectivity index (χ1n) is 6.03. The van der Waals surface area contributed by atoms with E-state index in [0.717, 1.165) is 10.3 Å². The minimum absolute atomic E-state index is 0.667. The summed E-state index contributed by atoms with van der Waals surface area (Å²) in [5.74, 6) is 1.08. The van der Waals surface area contributed by atoms with Crippen LogP contribution in [0.4, 0.5) is 5.82 Å². The minimum Gasteiger partial charge on any atom is -0.356 e. The van der Waals surface area contributed by atoms with Crippen molar-refractivity contribution in [2.75, 3.05) is 11.9 Å². The highest BCUT2D eigenvalue weighted by atomic mass is 79.9. The first-order chi connectivity index (χ1) is 7.68. The molecule has 0 radical (unpaired) electrons. The molecular formula is C13H19BrN2. The van der Waals surface area contributed by atoms with Gasteiger partial charge in [0.15, 0.2) is 0 Å². The Labute approximate surface area is 106 Å². The Hall–Kier alpha value is -0.570. The topological polar surface area (TPSA) is 16.1 Å². The van der Waals surface area contributed by atoms with E-state index in [9.17, 15) is 0 Å². The van der Waals surface area contributed by atoms with E-state index < -0.39 is 0 Å². The zero-order valence-electron chi connectivity index (χ0n) is 10.0. The summed E-state index contributed by atoms with van der Waals surface area (Å²) in [5.41, 5.74) is 1.20. The molecular weight excluding hydrogens is 264 g/mol. The van der Waals surface area contributed by atoms with Gasteiger partial charge >= 0.3 is 0 Å². The Morgan fingerprint density at radius 2 is 2.00 bits per heavy atom. The van der Waals surface area contributed by atoms with Gasteiger partial charge in [-0.2, -0.15) is 0 Å². The van der Waals surface area contributed by atoms with Crippen LogP contribution in [0.3, 0.4) is 0 Å².